The van der Waals surface area contributed by atoms with Gasteiger partial charge in [-0.1, -0.05) is 18.2 Å². The van der Waals surface area contributed by atoms with Gasteiger partial charge in [-0.15, -0.1) is 0 Å². The average Bonchev–Trinajstić information content (AvgIpc) is 3.24. The molecule has 0 fully saturated rings. The number of ketones is 1. The fourth-order valence-electron chi connectivity index (χ4n) is 3.02. The fraction of sp³-hybridized carbons (Fsp3) is 0.143. The molecule has 1 aromatic heterocycles. The molecule has 3 aromatic rings. The maximum atomic E-state index is 12.5. The van der Waals surface area contributed by atoms with Crippen LogP contribution in [0.3, 0.4) is 0 Å². The van der Waals surface area contributed by atoms with Crippen molar-refractivity contribution in [2.75, 3.05) is 6.79 Å². The number of para-hydroxylation sites is 1. The van der Waals surface area contributed by atoms with Crippen LogP contribution in [0, 0.1) is 13.8 Å². The van der Waals surface area contributed by atoms with Crippen molar-refractivity contribution in [2.24, 2.45) is 0 Å². The minimum atomic E-state index is -0.0884. The topological polar surface area (TPSA) is 53.4 Å². The third kappa shape index (κ3) is 2.88. The van der Waals surface area contributed by atoms with Gasteiger partial charge < -0.3 is 9.47 Å². The van der Waals surface area contributed by atoms with Crippen LogP contribution in [0.4, 0.5) is 0 Å². The molecule has 0 amide bonds. The molecule has 1 aliphatic rings. The van der Waals surface area contributed by atoms with Gasteiger partial charge in [0, 0.05) is 16.8 Å². The summed E-state index contributed by atoms with van der Waals surface area (Å²) in [6, 6.07) is 15.1. The first-order chi connectivity index (χ1) is 12.6. The van der Waals surface area contributed by atoms with E-state index >= 15 is 0 Å². The number of aryl methyl sites for hydroxylation is 1. The molecule has 0 saturated heterocycles. The van der Waals surface area contributed by atoms with Gasteiger partial charge >= 0.3 is 0 Å². The molecule has 0 bridgehead atoms. The number of ether oxygens (including phenoxy) is 2. The number of carbonyl (C=O) groups excluding carboxylic acids is 1. The predicted molar refractivity (Wildman–Crippen MR) is 99.0 cm³/mol. The van der Waals surface area contributed by atoms with E-state index < -0.39 is 0 Å². The molecule has 2 aromatic carbocycles. The largest absolute Gasteiger partial charge is 0.454 e. The average molecular weight is 346 g/mol. The number of allylic oxidation sites excluding steroid dienone is 1. The first-order valence-corrected chi connectivity index (χ1v) is 8.37. The molecule has 0 saturated carbocycles. The lowest BCUT2D eigenvalue weighted by Crippen LogP contribution is -1.98. The molecule has 0 aliphatic carbocycles. The van der Waals surface area contributed by atoms with Gasteiger partial charge in [0.1, 0.15) is 0 Å². The van der Waals surface area contributed by atoms with E-state index in [2.05, 4.69) is 5.10 Å². The molecule has 0 unspecified atom stereocenters. The van der Waals surface area contributed by atoms with E-state index in [1.807, 2.05) is 54.9 Å². The Morgan fingerprint density at radius 1 is 1.08 bits per heavy atom. The zero-order valence-corrected chi connectivity index (χ0v) is 14.6. The maximum Gasteiger partial charge on any atom is 0.231 e. The number of nitrogens with zero attached hydrogens (tertiary/aromatic N) is 2. The first kappa shape index (κ1) is 16.1. The van der Waals surface area contributed by atoms with Crippen LogP contribution < -0.4 is 9.47 Å². The Morgan fingerprint density at radius 2 is 1.85 bits per heavy atom. The molecule has 0 atom stereocenters. The third-order valence-corrected chi connectivity index (χ3v) is 4.41. The number of rotatable bonds is 4. The van der Waals surface area contributed by atoms with E-state index in [0.29, 0.717) is 17.1 Å². The highest BCUT2D eigenvalue weighted by atomic mass is 16.7. The Bertz CT molecular complexity index is 1000. The Hall–Kier alpha value is -3.34. The zero-order valence-electron chi connectivity index (χ0n) is 14.6. The van der Waals surface area contributed by atoms with Crippen LogP contribution in [-0.2, 0) is 0 Å². The van der Waals surface area contributed by atoms with Gasteiger partial charge in [-0.05, 0) is 56.3 Å². The number of carbonyl (C=O) groups is 1. The number of hydrogen-bond donors (Lipinski definition) is 0. The summed E-state index contributed by atoms with van der Waals surface area (Å²) in [5, 5.41) is 4.60. The van der Waals surface area contributed by atoms with Gasteiger partial charge in [-0.2, -0.15) is 5.10 Å². The second-order valence-corrected chi connectivity index (χ2v) is 6.10. The SMILES string of the molecule is Cc1nn(-c2ccccc2)c(C)c1C=CC(=O)c1ccc2c(c1)OCO2. The van der Waals surface area contributed by atoms with Gasteiger partial charge in [-0.25, -0.2) is 4.68 Å². The molecule has 0 radical (unpaired) electrons. The van der Waals surface area contributed by atoms with E-state index in [-0.39, 0.29) is 12.6 Å². The summed E-state index contributed by atoms with van der Waals surface area (Å²) in [7, 11) is 0. The lowest BCUT2D eigenvalue weighted by molar-refractivity contribution is 0.104. The van der Waals surface area contributed by atoms with E-state index in [4.69, 9.17) is 9.47 Å². The smallest absolute Gasteiger partial charge is 0.231 e. The van der Waals surface area contributed by atoms with Gasteiger partial charge in [0.15, 0.2) is 17.3 Å². The number of hydrogen-bond acceptors (Lipinski definition) is 4. The highest BCUT2D eigenvalue weighted by Crippen LogP contribution is 2.32. The molecular weight excluding hydrogens is 328 g/mol. The molecule has 0 spiro atoms. The number of benzene rings is 2. The van der Waals surface area contributed by atoms with Crippen LogP contribution in [0.25, 0.3) is 11.8 Å². The minimum absolute atomic E-state index is 0.0884. The van der Waals surface area contributed by atoms with Crippen molar-refractivity contribution in [1.82, 2.24) is 9.78 Å². The van der Waals surface area contributed by atoms with E-state index in [9.17, 15) is 4.79 Å². The van der Waals surface area contributed by atoms with Gasteiger partial charge in [0.05, 0.1) is 11.4 Å². The van der Waals surface area contributed by atoms with E-state index in [1.54, 1.807) is 24.3 Å². The Balaban J connectivity index is 1.61. The monoisotopic (exact) mass is 346 g/mol. The number of fused-ring (bicyclic) bond motifs is 1. The van der Waals surface area contributed by atoms with E-state index in [1.165, 1.54) is 0 Å². The van der Waals surface area contributed by atoms with Crippen LogP contribution in [0.2, 0.25) is 0 Å². The molecular formula is C21H18N2O3. The van der Waals surface area contributed by atoms with Crippen LogP contribution >= 0.6 is 0 Å². The molecule has 2 heterocycles. The van der Waals surface area contributed by atoms with E-state index in [0.717, 1.165) is 22.6 Å². The Morgan fingerprint density at radius 3 is 2.65 bits per heavy atom. The summed E-state index contributed by atoms with van der Waals surface area (Å²) < 4.78 is 12.5. The number of aromatic nitrogens is 2. The van der Waals surface area contributed by atoms with Crippen LogP contribution in [0.5, 0.6) is 11.5 Å². The second kappa shape index (κ2) is 6.52. The lowest BCUT2D eigenvalue weighted by Gasteiger charge is -2.03. The standard InChI is InChI=1S/C21H18N2O3/c1-14-18(15(2)23(22-14)17-6-4-3-5-7-17)9-10-19(24)16-8-11-20-21(12-16)26-13-25-20/h3-12H,13H2,1-2H3. The highest BCUT2D eigenvalue weighted by Gasteiger charge is 2.16. The third-order valence-electron chi connectivity index (χ3n) is 4.41. The van der Waals surface area contributed by atoms with Crippen molar-refractivity contribution in [3.8, 4) is 17.2 Å². The molecule has 0 N–H and O–H groups in total. The van der Waals surface area contributed by atoms with Crippen molar-refractivity contribution in [3.63, 3.8) is 0 Å². The van der Waals surface area contributed by atoms with Crippen molar-refractivity contribution < 1.29 is 14.3 Å². The fourth-order valence-corrected chi connectivity index (χ4v) is 3.02. The van der Waals surface area contributed by atoms with Gasteiger partial charge in [0.2, 0.25) is 6.79 Å². The summed E-state index contributed by atoms with van der Waals surface area (Å²) in [5.41, 5.74) is 4.37. The predicted octanol–water partition coefficient (Wildman–Crippen LogP) is 4.11. The maximum absolute atomic E-state index is 12.5. The molecule has 1 aliphatic heterocycles. The summed E-state index contributed by atoms with van der Waals surface area (Å²) in [6.45, 7) is 4.13. The van der Waals surface area contributed by atoms with Crippen LogP contribution in [0.1, 0.15) is 27.3 Å². The zero-order chi connectivity index (χ0) is 18.1. The summed E-state index contributed by atoms with van der Waals surface area (Å²) in [5.74, 6) is 1.18. The molecule has 26 heavy (non-hydrogen) atoms. The lowest BCUT2D eigenvalue weighted by atomic mass is 10.1. The summed E-state index contributed by atoms with van der Waals surface area (Å²) in [6.07, 6.45) is 3.40. The van der Waals surface area contributed by atoms with Crippen molar-refractivity contribution in [1.29, 1.82) is 0 Å². The van der Waals surface area contributed by atoms with Crippen LogP contribution in [-0.4, -0.2) is 22.4 Å². The van der Waals surface area contributed by atoms with Crippen molar-refractivity contribution >= 4 is 11.9 Å². The molecule has 4 rings (SSSR count). The second-order valence-electron chi connectivity index (χ2n) is 6.10. The minimum Gasteiger partial charge on any atom is -0.454 e. The van der Waals surface area contributed by atoms with Gasteiger partial charge in [-0.3, -0.25) is 4.79 Å². The van der Waals surface area contributed by atoms with Crippen molar-refractivity contribution in [3.05, 3.63) is 77.1 Å². The highest BCUT2D eigenvalue weighted by molar-refractivity contribution is 6.07. The molecule has 5 heteroatoms. The molecule has 130 valence electrons. The summed E-state index contributed by atoms with van der Waals surface area (Å²) >= 11 is 0. The van der Waals surface area contributed by atoms with Crippen LogP contribution in [0.15, 0.2) is 54.6 Å². The normalized spacial score (nSPS) is 12.7. The molecule has 5 nitrogen and oxygen atoms in total. The first-order valence-electron chi connectivity index (χ1n) is 8.37. The summed E-state index contributed by atoms with van der Waals surface area (Å²) in [4.78, 5) is 12.5. The Kier molecular flexibility index (Phi) is 4.05. The van der Waals surface area contributed by atoms with Crippen molar-refractivity contribution in [2.45, 2.75) is 13.8 Å². The Labute approximate surface area is 151 Å². The quantitative estimate of drug-likeness (QED) is 0.527. The van der Waals surface area contributed by atoms with Gasteiger partial charge in [0.25, 0.3) is 0 Å².